The molecule has 0 atom stereocenters. The molecule has 9 aromatic carbocycles. The summed E-state index contributed by atoms with van der Waals surface area (Å²) in [6, 6.07) is 71.8. The van der Waals surface area contributed by atoms with Gasteiger partial charge in [-0.15, -0.1) is 0 Å². The molecule has 2 nitrogen and oxygen atoms in total. The molecule has 0 unspecified atom stereocenters. The number of furan rings is 1. The summed E-state index contributed by atoms with van der Waals surface area (Å²) in [7, 11) is 0. The zero-order chi connectivity index (χ0) is 34.4. The van der Waals surface area contributed by atoms with Crippen LogP contribution in [0.4, 0.5) is 17.1 Å². The van der Waals surface area contributed by atoms with E-state index in [0.717, 1.165) is 60.9 Å². The Balaban J connectivity index is 1.12. The van der Waals surface area contributed by atoms with Gasteiger partial charge in [-0.05, 0) is 98.6 Å². The topological polar surface area (TPSA) is 16.4 Å². The largest absolute Gasteiger partial charge is 0.455 e. The lowest BCUT2D eigenvalue weighted by Gasteiger charge is -2.28. The first-order valence-electron chi connectivity index (χ1n) is 17.8. The molecule has 0 aliphatic rings. The van der Waals surface area contributed by atoms with Crippen LogP contribution >= 0.6 is 0 Å². The molecule has 10 rings (SSSR count). The van der Waals surface area contributed by atoms with Gasteiger partial charge in [-0.1, -0.05) is 146 Å². The van der Waals surface area contributed by atoms with E-state index in [9.17, 15) is 0 Å². The second-order valence-electron chi connectivity index (χ2n) is 13.4. The second-order valence-corrected chi connectivity index (χ2v) is 13.4. The zero-order valence-electron chi connectivity index (χ0n) is 28.4. The fourth-order valence-electron chi connectivity index (χ4n) is 7.62. The Labute approximate surface area is 302 Å². The molecule has 52 heavy (non-hydrogen) atoms. The van der Waals surface area contributed by atoms with Crippen LogP contribution in [0, 0.1) is 0 Å². The van der Waals surface area contributed by atoms with Crippen molar-refractivity contribution < 1.29 is 4.42 Å². The van der Waals surface area contributed by atoms with E-state index in [1.165, 1.54) is 33.0 Å². The molecule has 10 aromatic rings. The van der Waals surface area contributed by atoms with Gasteiger partial charge >= 0.3 is 0 Å². The van der Waals surface area contributed by atoms with E-state index < -0.39 is 0 Å². The minimum Gasteiger partial charge on any atom is -0.455 e. The van der Waals surface area contributed by atoms with Gasteiger partial charge in [0.25, 0.3) is 0 Å². The number of para-hydroxylation sites is 2. The van der Waals surface area contributed by atoms with Gasteiger partial charge in [0.2, 0.25) is 0 Å². The summed E-state index contributed by atoms with van der Waals surface area (Å²) >= 11 is 0. The lowest BCUT2D eigenvalue weighted by Crippen LogP contribution is -2.11. The van der Waals surface area contributed by atoms with Crippen molar-refractivity contribution in [3.8, 4) is 33.4 Å². The van der Waals surface area contributed by atoms with Crippen LogP contribution in [-0.2, 0) is 0 Å². The Morgan fingerprint density at radius 2 is 0.904 bits per heavy atom. The maximum atomic E-state index is 6.48. The Hall–Kier alpha value is -6.90. The summed E-state index contributed by atoms with van der Waals surface area (Å²) in [6.45, 7) is 0. The second kappa shape index (κ2) is 12.5. The van der Waals surface area contributed by atoms with Gasteiger partial charge in [-0.2, -0.15) is 0 Å². The number of rotatable bonds is 6. The minimum absolute atomic E-state index is 0.910. The maximum Gasteiger partial charge on any atom is 0.143 e. The first-order valence-corrected chi connectivity index (χ1v) is 17.8. The van der Waals surface area contributed by atoms with E-state index in [-0.39, 0.29) is 0 Å². The summed E-state index contributed by atoms with van der Waals surface area (Å²) in [5.74, 6) is 0. The van der Waals surface area contributed by atoms with Crippen molar-refractivity contribution in [3.63, 3.8) is 0 Å². The lowest BCUT2D eigenvalue weighted by molar-refractivity contribution is 0.672. The summed E-state index contributed by atoms with van der Waals surface area (Å²) in [5.41, 5.74) is 12.2. The molecule has 1 heterocycles. The molecule has 0 saturated carbocycles. The van der Waals surface area contributed by atoms with Gasteiger partial charge in [0.1, 0.15) is 11.2 Å². The number of anilines is 3. The van der Waals surface area contributed by atoms with Gasteiger partial charge in [-0.25, -0.2) is 0 Å². The molecule has 1 aromatic heterocycles. The van der Waals surface area contributed by atoms with Crippen molar-refractivity contribution in [2.24, 2.45) is 0 Å². The molecule has 2 heteroatoms. The third-order valence-corrected chi connectivity index (χ3v) is 10.3. The van der Waals surface area contributed by atoms with Crippen molar-refractivity contribution >= 4 is 60.5 Å². The molecule has 0 bridgehead atoms. The SMILES string of the molecule is c1ccc(-c2ccc(N(c3ccc(-c4ccc5ccccc5c4)cc3)c3ccccc3-c3ccc4ccc5c6ccccc6oc5c4c3)cc2)cc1. The van der Waals surface area contributed by atoms with Crippen LogP contribution in [0.3, 0.4) is 0 Å². The predicted molar refractivity (Wildman–Crippen MR) is 220 cm³/mol. The van der Waals surface area contributed by atoms with Crippen LogP contribution in [0.1, 0.15) is 0 Å². The summed E-state index contributed by atoms with van der Waals surface area (Å²) in [6.07, 6.45) is 0. The third kappa shape index (κ3) is 5.21. The van der Waals surface area contributed by atoms with Crippen LogP contribution in [0.5, 0.6) is 0 Å². The number of benzene rings is 9. The van der Waals surface area contributed by atoms with Crippen molar-refractivity contribution in [3.05, 3.63) is 200 Å². The van der Waals surface area contributed by atoms with Crippen molar-refractivity contribution in [1.82, 2.24) is 0 Å². The highest BCUT2D eigenvalue weighted by atomic mass is 16.3. The molecular formula is C50H33NO. The van der Waals surface area contributed by atoms with Crippen LogP contribution in [0.2, 0.25) is 0 Å². The first-order chi connectivity index (χ1) is 25.8. The van der Waals surface area contributed by atoms with Gasteiger partial charge < -0.3 is 9.32 Å². The maximum absolute atomic E-state index is 6.48. The van der Waals surface area contributed by atoms with Crippen LogP contribution in [-0.4, -0.2) is 0 Å². The molecule has 0 spiro atoms. The summed E-state index contributed by atoms with van der Waals surface area (Å²) < 4.78 is 6.48. The molecule has 0 fully saturated rings. The lowest BCUT2D eigenvalue weighted by atomic mass is 9.97. The van der Waals surface area contributed by atoms with Crippen molar-refractivity contribution in [1.29, 1.82) is 0 Å². The molecule has 0 radical (unpaired) electrons. The quantitative estimate of drug-likeness (QED) is 0.176. The average Bonchev–Trinajstić information content (AvgIpc) is 3.61. The first kappa shape index (κ1) is 30.0. The van der Waals surface area contributed by atoms with Gasteiger partial charge in [0.05, 0.1) is 5.69 Å². The van der Waals surface area contributed by atoms with E-state index in [4.69, 9.17) is 4.42 Å². The van der Waals surface area contributed by atoms with Crippen molar-refractivity contribution in [2.45, 2.75) is 0 Å². The molecule has 0 aliphatic carbocycles. The Kier molecular flexibility index (Phi) is 7.18. The van der Waals surface area contributed by atoms with E-state index in [0.29, 0.717) is 0 Å². The zero-order valence-corrected chi connectivity index (χ0v) is 28.4. The Morgan fingerprint density at radius 1 is 0.327 bits per heavy atom. The normalized spacial score (nSPS) is 11.5. The number of nitrogens with zero attached hydrogens (tertiary/aromatic N) is 1. The van der Waals surface area contributed by atoms with Gasteiger partial charge in [0, 0.05) is 33.1 Å². The highest BCUT2D eigenvalue weighted by Gasteiger charge is 2.19. The molecule has 0 amide bonds. The third-order valence-electron chi connectivity index (χ3n) is 10.3. The van der Waals surface area contributed by atoms with E-state index in [1.54, 1.807) is 0 Å². The van der Waals surface area contributed by atoms with E-state index in [1.807, 2.05) is 12.1 Å². The monoisotopic (exact) mass is 663 g/mol. The molecule has 0 saturated heterocycles. The fraction of sp³-hybridized carbons (Fsp3) is 0. The fourth-order valence-corrected chi connectivity index (χ4v) is 7.62. The smallest absolute Gasteiger partial charge is 0.143 e. The Morgan fingerprint density at radius 3 is 1.71 bits per heavy atom. The standard InChI is InChI=1S/C50H33NO/c1-2-10-34(11-3-1)36-22-27-42(28-23-36)51(43-29-24-37(25-30-43)40-20-18-35-12-4-5-13-39(35)32-40)48-16-8-6-14-44(48)41-21-19-38-26-31-46-45-15-7-9-17-49(45)52-50(46)47(38)33-41/h1-33H. The van der Waals surface area contributed by atoms with Gasteiger partial charge in [-0.3, -0.25) is 0 Å². The van der Waals surface area contributed by atoms with E-state index in [2.05, 4.69) is 193 Å². The number of hydrogen-bond donors (Lipinski definition) is 0. The van der Waals surface area contributed by atoms with Crippen molar-refractivity contribution in [2.75, 3.05) is 4.90 Å². The summed E-state index contributed by atoms with van der Waals surface area (Å²) in [4.78, 5) is 2.38. The number of fused-ring (bicyclic) bond motifs is 6. The Bertz CT molecular complexity index is 2890. The number of hydrogen-bond acceptors (Lipinski definition) is 2. The average molecular weight is 664 g/mol. The van der Waals surface area contributed by atoms with E-state index >= 15 is 0 Å². The molecular weight excluding hydrogens is 631 g/mol. The van der Waals surface area contributed by atoms with Crippen LogP contribution in [0.15, 0.2) is 205 Å². The minimum atomic E-state index is 0.910. The molecule has 0 N–H and O–H groups in total. The highest BCUT2D eigenvalue weighted by molar-refractivity contribution is 6.15. The van der Waals surface area contributed by atoms with Gasteiger partial charge in [0.15, 0.2) is 0 Å². The molecule has 0 aliphatic heterocycles. The van der Waals surface area contributed by atoms with Crippen LogP contribution < -0.4 is 4.90 Å². The van der Waals surface area contributed by atoms with Crippen LogP contribution in [0.25, 0.3) is 76.9 Å². The molecule has 244 valence electrons. The predicted octanol–water partition coefficient (Wildman–Crippen LogP) is 14.4. The summed E-state index contributed by atoms with van der Waals surface area (Å²) in [5, 5.41) is 7.04. The highest BCUT2D eigenvalue weighted by Crippen LogP contribution is 2.43.